The van der Waals surface area contributed by atoms with Gasteiger partial charge in [0.1, 0.15) is 0 Å². The lowest BCUT2D eigenvalue weighted by Crippen LogP contribution is -2.41. The van der Waals surface area contributed by atoms with Gasteiger partial charge in [-0.05, 0) is 49.9 Å². The standard InChI is InChI=1S/C19H28N2O3/c1-4-14-7-6-8-15(5-2)18(14)20-17(22)13-21-11-9-16(10-12-21)19(23)24-3/h6-8,16H,4-5,9-13H2,1-3H3,(H,20,22). The van der Waals surface area contributed by atoms with Crippen molar-refractivity contribution in [2.45, 2.75) is 39.5 Å². The van der Waals surface area contributed by atoms with Gasteiger partial charge in [0.05, 0.1) is 19.6 Å². The molecule has 5 heteroatoms. The minimum atomic E-state index is -0.136. The van der Waals surface area contributed by atoms with Gasteiger partial charge < -0.3 is 10.1 Å². The van der Waals surface area contributed by atoms with Crippen LogP contribution in [0.5, 0.6) is 0 Å². The summed E-state index contributed by atoms with van der Waals surface area (Å²) in [4.78, 5) is 26.1. The first-order valence-corrected chi connectivity index (χ1v) is 8.79. The topological polar surface area (TPSA) is 58.6 Å². The summed E-state index contributed by atoms with van der Waals surface area (Å²) >= 11 is 0. The van der Waals surface area contributed by atoms with E-state index in [0.717, 1.165) is 44.5 Å². The minimum absolute atomic E-state index is 0.0159. The van der Waals surface area contributed by atoms with Gasteiger partial charge in [0.2, 0.25) is 5.91 Å². The van der Waals surface area contributed by atoms with E-state index < -0.39 is 0 Å². The third-order valence-corrected chi connectivity index (χ3v) is 4.75. The second kappa shape index (κ2) is 8.83. The third-order valence-electron chi connectivity index (χ3n) is 4.75. The smallest absolute Gasteiger partial charge is 0.308 e. The Labute approximate surface area is 144 Å². The van der Waals surface area contributed by atoms with Crippen molar-refractivity contribution in [2.24, 2.45) is 5.92 Å². The predicted octanol–water partition coefficient (Wildman–Crippen LogP) is 2.63. The van der Waals surface area contributed by atoms with Crippen molar-refractivity contribution in [3.05, 3.63) is 29.3 Å². The number of carbonyl (C=O) groups excluding carboxylic acids is 2. The fourth-order valence-electron chi connectivity index (χ4n) is 3.28. The van der Waals surface area contributed by atoms with Crippen LogP contribution in [0.1, 0.15) is 37.8 Å². The van der Waals surface area contributed by atoms with Crippen molar-refractivity contribution in [3.8, 4) is 0 Å². The zero-order chi connectivity index (χ0) is 17.5. The highest BCUT2D eigenvalue weighted by Gasteiger charge is 2.26. The SMILES string of the molecule is CCc1cccc(CC)c1NC(=O)CN1CCC(C(=O)OC)CC1. The number of nitrogens with zero attached hydrogens (tertiary/aromatic N) is 1. The van der Waals surface area contributed by atoms with Gasteiger partial charge >= 0.3 is 5.97 Å². The first kappa shape index (κ1) is 18.5. The number of anilines is 1. The van der Waals surface area contributed by atoms with Gasteiger partial charge in [0.15, 0.2) is 0 Å². The maximum atomic E-state index is 12.4. The van der Waals surface area contributed by atoms with Crippen LogP contribution in [0.2, 0.25) is 0 Å². The summed E-state index contributed by atoms with van der Waals surface area (Å²) in [5, 5.41) is 3.10. The van der Waals surface area contributed by atoms with Crippen LogP contribution in [0.25, 0.3) is 0 Å². The highest BCUT2D eigenvalue weighted by atomic mass is 16.5. The number of hydrogen-bond acceptors (Lipinski definition) is 4. The molecule has 1 aliphatic rings. The Bertz CT molecular complexity index is 556. The first-order chi connectivity index (χ1) is 11.6. The summed E-state index contributed by atoms with van der Waals surface area (Å²) in [5.41, 5.74) is 3.32. The van der Waals surface area contributed by atoms with E-state index in [1.54, 1.807) is 0 Å². The van der Waals surface area contributed by atoms with Gasteiger partial charge in [-0.15, -0.1) is 0 Å². The van der Waals surface area contributed by atoms with Crippen molar-refractivity contribution >= 4 is 17.6 Å². The van der Waals surface area contributed by atoms with Gasteiger partial charge in [-0.3, -0.25) is 14.5 Å². The number of benzene rings is 1. The maximum Gasteiger partial charge on any atom is 0.308 e. The molecule has 1 aromatic carbocycles. The van der Waals surface area contributed by atoms with Gasteiger partial charge in [-0.1, -0.05) is 32.0 Å². The lowest BCUT2D eigenvalue weighted by atomic mass is 9.97. The van der Waals surface area contributed by atoms with Crippen molar-refractivity contribution in [1.29, 1.82) is 0 Å². The molecule has 0 atom stereocenters. The quantitative estimate of drug-likeness (QED) is 0.814. The zero-order valence-electron chi connectivity index (χ0n) is 14.9. The number of para-hydroxylation sites is 1. The van der Waals surface area contributed by atoms with Gasteiger partial charge in [0, 0.05) is 5.69 Å². The molecular weight excluding hydrogens is 304 g/mol. The van der Waals surface area contributed by atoms with E-state index in [0.29, 0.717) is 6.54 Å². The second-order valence-corrected chi connectivity index (χ2v) is 6.28. The monoisotopic (exact) mass is 332 g/mol. The number of hydrogen-bond donors (Lipinski definition) is 1. The van der Waals surface area contributed by atoms with Crippen LogP contribution in [-0.2, 0) is 27.2 Å². The molecule has 0 spiro atoms. The van der Waals surface area contributed by atoms with Crippen molar-refractivity contribution < 1.29 is 14.3 Å². The summed E-state index contributed by atoms with van der Waals surface area (Å²) < 4.78 is 4.80. The Morgan fingerprint density at radius 2 is 1.75 bits per heavy atom. The Balaban J connectivity index is 1.92. The maximum absolute atomic E-state index is 12.4. The molecule has 5 nitrogen and oxygen atoms in total. The zero-order valence-corrected chi connectivity index (χ0v) is 14.9. The number of piperidine rings is 1. The Morgan fingerprint density at radius 1 is 1.17 bits per heavy atom. The van der Waals surface area contributed by atoms with E-state index in [2.05, 4.69) is 36.2 Å². The Hall–Kier alpha value is -1.88. The fraction of sp³-hybridized carbons (Fsp3) is 0.579. The third kappa shape index (κ3) is 4.57. The van der Waals surface area contributed by atoms with Crippen LogP contribution < -0.4 is 5.32 Å². The summed E-state index contributed by atoms with van der Waals surface area (Å²) in [6.45, 7) is 6.08. The number of aryl methyl sites for hydroxylation is 2. The molecule has 0 saturated carbocycles. The van der Waals surface area contributed by atoms with Crippen LogP contribution in [-0.4, -0.2) is 43.5 Å². The molecule has 1 N–H and O–H groups in total. The first-order valence-electron chi connectivity index (χ1n) is 8.79. The highest BCUT2D eigenvalue weighted by molar-refractivity contribution is 5.93. The second-order valence-electron chi connectivity index (χ2n) is 6.28. The average molecular weight is 332 g/mol. The Morgan fingerprint density at radius 3 is 2.25 bits per heavy atom. The molecule has 1 heterocycles. The van der Waals surface area contributed by atoms with Crippen LogP contribution in [0.4, 0.5) is 5.69 Å². The largest absolute Gasteiger partial charge is 0.469 e. The normalized spacial score (nSPS) is 16.0. The number of carbonyl (C=O) groups is 2. The lowest BCUT2D eigenvalue weighted by molar-refractivity contribution is -0.147. The van der Waals surface area contributed by atoms with Gasteiger partial charge in [-0.25, -0.2) is 0 Å². The van der Waals surface area contributed by atoms with E-state index in [1.807, 2.05) is 6.07 Å². The number of amides is 1. The summed E-state index contributed by atoms with van der Waals surface area (Å²) in [7, 11) is 1.43. The molecule has 1 amide bonds. The summed E-state index contributed by atoms with van der Waals surface area (Å²) in [5.74, 6) is -0.146. The lowest BCUT2D eigenvalue weighted by Gasteiger charge is -2.30. The van der Waals surface area contributed by atoms with E-state index in [-0.39, 0.29) is 17.8 Å². The molecule has 1 fully saturated rings. The van der Waals surface area contributed by atoms with Crippen molar-refractivity contribution in [2.75, 3.05) is 32.1 Å². The number of methoxy groups -OCH3 is 1. The van der Waals surface area contributed by atoms with Crippen LogP contribution >= 0.6 is 0 Å². The number of rotatable bonds is 6. The van der Waals surface area contributed by atoms with E-state index in [4.69, 9.17) is 4.74 Å². The minimum Gasteiger partial charge on any atom is -0.469 e. The predicted molar refractivity (Wildman–Crippen MR) is 95.0 cm³/mol. The number of nitrogens with one attached hydrogen (secondary N) is 1. The number of ether oxygens (including phenoxy) is 1. The molecule has 132 valence electrons. The van der Waals surface area contributed by atoms with Crippen molar-refractivity contribution in [1.82, 2.24) is 4.90 Å². The Kier molecular flexibility index (Phi) is 6.79. The molecule has 0 unspecified atom stereocenters. The molecule has 2 rings (SSSR count). The van der Waals surface area contributed by atoms with Crippen LogP contribution in [0, 0.1) is 5.92 Å². The summed E-state index contributed by atoms with van der Waals surface area (Å²) in [6, 6.07) is 6.18. The molecule has 0 aromatic heterocycles. The van der Waals surface area contributed by atoms with Gasteiger partial charge in [0.25, 0.3) is 0 Å². The average Bonchev–Trinajstić information content (AvgIpc) is 2.61. The molecule has 1 aromatic rings. The van der Waals surface area contributed by atoms with E-state index in [9.17, 15) is 9.59 Å². The summed E-state index contributed by atoms with van der Waals surface area (Å²) in [6.07, 6.45) is 3.30. The molecular formula is C19H28N2O3. The highest BCUT2D eigenvalue weighted by Crippen LogP contribution is 2.23. The van der Waals surface area contributed by atoms with Crippen molar-refractivity contribution in [3.63, 3.8) is 0 Å². The van der Waals surface area contributed by atoms with Gasteiger partial charge in [-0.2, -0.15) is 0 Å². The number of esters is 1. The van der Waals surface area contributed by atoms with E-state index in [1.165, 1.54) is 18.2 Å². The molecule has 0 aliphatic carbocycles. The van der Waals surface area contributed by atoms with Crippen LogP contribution in [0.15, 0.2) is 18.2 Å². The van der Waals surface area contributed by atoms with Crippen LogP contribution in [0.3, 0.4) is 0 Å². The van der Waals surface area contributed by atoms with E-state index >= 15 is 0 Å². The molecule has 0 bridgehead atoms. The molecule has 0 radical (unpaired) electrons. The number of likely N-dealkylation sites (tertiary alicyclic amines) is 1. The molecule has 1 aliphatic heterocycles. The fourth-order valence-corrected chi connectivity index (χ4v) is 3.28. The molecule has 24 heavy (non-hydrogen) atoms. The molecule has 1 saturated heterocycles.